The highest BCUT2D eigenvalue weighted by atomic mass is 79.9. The number of halogens is 2. The summed E-state index contributed by atoms with van der Waals surface area (Å²) in [5.41, 5.74) is 0.451. The van der Waals surface area contributed by atoms with Crippen molar-refractivity contribution in [3.8, 4) is 5.75 Å². The first kappa shape index (κ1) is 18.4. The van der Waals surface area contributed by atoms with Crippen molar-refractivity contribution in [3.05, 3.63) is 70.6 Å². The molecule has 3 aromatic rings. The van der Waals surface area contributed by atoms with Gasteiger partial charge in [0.25, 0.3) is 10.0 Å². The molecule has 0 amide bonds. The Morgan fingerprint density at radius 2 is 1.88 bits per heavy atom. The van der Waals surface area contributed by atoms with Gasteiger partial charge in [0, 0.05) is 11.8 Å². The Bertz CT molecular complexity index is 1020. The summed E-state index contributed by atoms with van der Waals surface area (Å²) in [6.45, 7) is 0.176. The van der Waals surface area contributed by atoms with Gasteiger partial charge in [-0.2, -0.15) is 5.10 Å². The van der Waals surface area contributed by atoms with Gasteiger partial charge in [-0.3, -0.25) is 9.40 Å². The van der Waals surface area contributed by atoms with Crippen molar-refractivity contribution in [2.75, 3.05) is 11.8 Å². The van der Waals surface area contributed by atoms with Crippen LogP contribution in [0.1, 0.15) is 5.56 Å². The van der Waals surface area contributed by atoms with Gasteiger partial charge in [0.15, 0.2) is 5.82 Å². The van der Waals surface area contributed by atoms with Crippen LogP contribution in [0.4, 0.5) is 10.2 Å². The van der Waals surface area contributed by atoms with E-state index in [0.29, 0.717) is 15.8 Å². The predicted octanol–water partition coefficient (Wildman–Crippen LogP) is 3.64. The van der Waals surface area contributed by atoms with Crippen molar-refractivity contribution in [1.29, 1.82) is 0 Å². The Morgan fingerprint density at radius 1 is 1.19 bits per heavy atom. The highest BCUT2D eigenvalue weighted by Crippen LogP contribution is 2.25. The summed E-state index contributed by atoms with van der Waals surface area (Å²) in [5, 5.41) is 4.18. The van der Waals surface area contributed by atoms with Gasteiger partial charge in [-0.25, -0.2) is 12.8 Å². The van der Waals surface area contributed by atoms with E-state index in [9.17, 15) is 12.8 Å². The normalized spacial score (nSPS) is 11.3. The molecule has 0 aliphatic heterocycles. The summed E-state index contributed by atoms with van der Waals surface area (Å²) in [6, 6.07) is 12.3. The molecule has 2 aromatic carbocycles. The smallest absolute Gasteiger partial charge is 0.263 e. The number of aromatic nitrogens is 2. The van der Waals surface area contributed by atoms with Gasteiger partial charge in [-0.15, -0.1) is 0 Å². The lowest BCUT2D eigenvalue weighted by atomic mass is 10.2. The summed E-state index contributed by atoms with van der Waals surface area (Å²) < 4.78 is 48.1. The number of hydrogen-bond donors (Lipinski definition) is 1. The zero-order valence-electron chi connectivity index (χ0n) is 13.7. The van der Waals surface area contributed by atoms with E-state index in [1.807, 2.05) is 0 Å². The number of nitrogens with one attached hydrogen (secondary N) is 1. The molecule has 1 aromatic heterocycles. The van der Waals surface area contributed by atoms with E-state index >= 15 is 0 Å². The number of ether oxygens (including phenoxy) is 1. The second kappa shape index (κ2) is 7.46. The van der Waals surface area contributed by atoms with Gasteiger partial charge in [0.2, 0.25) is 0 Å². The third-order valence-corrected chi connectivity index (χ3v) is 5.54. The average molecular weight is 440 g/mol. The van der Waals surface area contributed by atoms with Gasteiger partial charge in [-0.1, -0.05) is 18.2 Å². The van der Waals surface area contributed by atoms with Crippen molar-refractivity contribution < 1.29 is 17.5 Å². The average Bonchev–Trinajstić information content (AvgIpc) is 2.95. The summed E-state index contributed by atoms with van der Waals surface area (Å²) in [6.07, 6.45) is 1.58. The summed E-state index contributed by atoms with van der Waals surface area (Å²) >= 11 is 3.27. The Hall–Kier alpha value is -2.39. The minimum Gasteiger partial charge on any atom is -0.497 e. The van der Waals surface area contributed by atoms with Gasteiger partial charge in [-0.05, 0) is 46.3 Å². The predicted molar refractivity (Wildman–Crippen MR) is 99.2 cm³/mol. The van der Waals surface area contributed by atoms with E-state index in [2.05, 4.69) is 25.8 Å². The number of anilines is 1. The van der Waals surface area contributed by atoms with Crippen LogP contribution < -0.4 is 9.46 Å². The number of nitrogens with zero attached hydrogens (tertiary/aromatic N) is 2. The second-order valence-electron chi connectivity index (χ2n) is 5.40. The first-order valence-corrected chi connectivity index (χ1v) is 9.80. The number of rotatable bonds is 6. The van der Waals surface area contributed by atoms with Gasteiger partial charge in [0.05, 0.1) is 23.0 Å². The minimum atomic E-state index is -3.81. The first-order valence-electron chi connectivity index (χ1n) is 7.52. The largest absolute Gasteiger partial charge is 0.497 e. The van der Waals surface area contributed by atoms with Crippen LogP contribution in [0.15, 0.2) is 64.1 Å². The molecule has 0 radical (unpaired) electrons. The van der Waals surface area contributed by atoms with Crippen LogP contribution in [0, 0.1) is 5.82 Å². The summed E-state index contributed by atoms with van der Waals surface area (Å²) in [5.74, 6) is 0.330. The summed E-state index contributed by atoms with van der Waals surface area (Å²) in [4.78, 5) is 0.0776. The molecule has 0 unspecified atom stereocenters. The zero-order chi connectivity index (χ0) is 18.7. The quantitative estimate of drug-likeness (QED) is 0.636. The third kappa shape index (κ3) is 4.05. The van der Waals surface area contributed by atoms with Crippen molar-refractivity contribution in [2.45, 2.75) is 11.4 Å². The Balaban J connectivity index is 1.81. The maximum absolute atomic E-state index is 13.8. The maximum Gasteiger partial charge on any atom is 0.263 e. The molecule has 136 valence electrons. The van der Waals surface area contributed by atoms with E-state index < -0.39 is 10.0 Å². The number of methoxy groups -OCH3 is 1. The fourth-order valence-electron chi connectivity index (χ4n) is 2.29. The van der Waals surface area contributed by atoms with E-state index in [-0.39, 0.29) is 23.1 Å². The van der Waals surface area contributed by atoms with Crippen LogP contribution in [-0.4, -0.2) is 25.3 Å². The van der Waals surface area contributed by atoms with Crippen molar-refractivity contribution in [2.24, 2.45) is 0 Å². The lowest BCUT2D eigenvalue weighted by Gasteiger charge is -2.07. The van der Waals surface area contributed by atoms with E-state index in [1.165, 1.54) is 30.0 Å². The lowest BCUT2D eigenvalue weighted by molar-refractivity contribution is 0.414. The summed E-state index contributed by atoms with van der Waals surface area (Å²) in [7, 11) is -2.31. The lowest BCUT2D eigenvalue weighted by Crippen LogP contribution is -2.14. The molecule has 1 N–H and O–H groups in total. The van der Waals surface area contributed by atoms with Gasteiger partial charge < -0.3 is 4.74 Å². The Labute approximate surface area is 158 Å². The topological polar surface area (TPSA) is 73.2 Å². The molecule has 0 fully saturated rings. The van der Waals surface area contributed by atoms with Crippen LogP contribution in [0.3, 0.4) is 0 Å². The number of sulfonamides is 1. The molecule has 0 atom stereocenters. The Kier molecular flexibility index (Phi) is 5.28. The van der Waals surface area contributed by atoms with Crippen LogP contribution in [0.2, 0.25) is 0 Å². The van der Waals surface area contributed by atoms with E-state index in [1.54, 1.807) is 36.5 Å². The fraction of sp³-hybridized carbons (Fsp3) is 0.118. The van der Waals surface area contributed by atoms with Crippen LogP contribution in [0.5, 0.6) is 5.75 Å². The minimum absolute atomic E-state index is 0.0776. The molecular formula is C17H15BrFN3O3S. The molecule has 0 saturated carbocycles. The molecule has 0 spiro atoms. The van der Waals surface area contributed by atoms with Crippen molar-refractivity contribution >= 4 is 31.8 Å². The maximum atomic E-state index is 13.8. The highest BCUT2D eigenvalue weighted by molar-refractivity contribution is 9.10. The number of benzene rings is 2. The SMILES string of the molecule is COc1ccc(S(=O)(=O)Nc2nn(Cc3ccccc3F)cc2Br)cc1. The molecular weight excluding hydrogens is 425 g/mol. The van der Waals surface area contributed by atoms with Gasteiger partial charge >= 0.3 is 0 Å². The molecule has 0 aliphatic carbocycles. The molecule has 3 rings (SSSR count). The van der Waals surface area contributed by atoms with Gasteiger partial charge in [0.1, 0.15) is 11.6 Å². The van der Waals surface area contributed by atoms with E-state index in [0.717, 1.165) is 0 Å². The zero-order valence-corrected chi connectivity index (χ0v) is 16.1. The van der Waals surface area contributed by atoms with Crippen molar-refractivity contribution in [3.63, 3.8) is 0 Å². The molecule has 26 heavy (non-hydrogen) atoms. The van der Waals surface area contributed by atoms with Crippen LogP contribution in [0.25, 0.3) is 0 Å². The Morgan fingerprint density at radius 3 is 2.54 bits per heavy atom. The van der Waals surface area contributed by atoms with E-state index in [4.69, 9.17) is 4.74 Å². The number of hydrogen-bond acceptors (Lipinski definition) is 4. The molecule has 0 aliphatic rings. The fourth-order valence-corrected chi connectivity index (χ4v) is 3.85. The highest BCUT2D eigenvalue weighted by Gasteiger charge is 2.18. The second-order valence-corrected chi connectivity index (χ2v) is 7.93. The molecule has 1 heterocycles. The third-order valence-electron chi connectivity index (χ3n) is 3.61. The molecule has 6 nitrogen and oxygen atoms in total. The first-order chi connectivity index (χ1) is 12.4. The monoisotopic (exact) mass is 439 g/mol. The van der Waals surface area contributed by atoms with Crippen LogP contribution in [-0.2, 0) is 16.6 Å². The molecule has 9 heteroatoms. The molecule has 0 saturated heterocycles. The van der Waals surface area contributed by atoms with Crippen molar-refractivity contribution in [1.82, 2.24) is 9.78 Å². The van der Waals surface area contributed by atoms with Crippen LogP contribution >= 0.6 is 15.9 Å². The molecule has 0 bridgehead atoms. The standard InChI is InChI=1S/C17H15BrFN3O3S/c1-25-13-6-8-14(9-7-13)26(23,24)21-17-15(18)11-22(20-17)10-12-4-2-3-5-16(12)19/h2-9,11H,10H2,1H3,(H,20,21).